The molecule has 0 aliphatic carbocycles. The second-order valence-corrected chi connectivity index (χ2v) is 3.94. The number of rotatable bonds is 5. The number of carbonyl (C=O) groups excluding carboxylic acids is 1. The van der Waals surface area contributed by atoms with Crippen LogP contribution in [0.3, 0.4) is 0 Å². The first-order valence-corrected chi connectivity index (χ1v) is 5.03. The molecule has 0 saturated heterocycles. The van der Waals surface area contributed by atoms with Crippen molar-refractivity contribution in [2.24, 2.45) is 11.7 Å². The van der Waals surface area contributed by atoms with Crippen LogP contribution in [0.4, 0.5) is 0 Å². The summed E-state index contributed by atoms with van der Waals surface area (Å²) in [5.41, 5.74) is 5.39. The van der Waals surface area contributed by atoms with Gasteiger partial charge in [-0.3, -0.25) is 4.79 Å². The summed E-state index contributed by atoms with van der Waals surface area (Å²) in [7, 11) is 0. The standard InChI is InChI=1S/C9H18N2O2S/c1-6(2)11(4-5-12)9(13)7(3)8(10)14/h6-7,12H,4-5H2,1-3H3,(H2,10,14). The molecular formula is C9H18N2O2S. The maximum atomic E-state index is 11.8. The fourth-order valence-electron chi connectivity index (χ4n) is 1.10. The molecule has 4 nitrogen and oxygen atoms in total. The van der Waals surface area contributed by atoms with Crippen molar-refractivity contribution < 1.29 is 9.90 Å². The molecule has 0 aromatic rings. The molecule has 3 N–H and O–H groups in total. The molecule has 0 spiro atoms. The molecule has 1 atom stereocenters. The summed E-state index contributed by atoms with van der Waals surface area (Å²) in [5, 5.41) is 8.80. The third-order valence-electron chi connectivity index (χ3n) is 2.04. The normalized spacial score (nSPS) is 12.6. The van der Waals surface area contributed by atoms with Crippen molar-refractivity contribution in [3.05, 3.63) is 0 Å². The van der Waals surface area contributed by atoms with E-state index in [1.54, 1.807) is 11.8 Å². The van der Waals surface area contributed by atoms with Gasteiger partial charge >= 0.3 is 0 Å². The summed E-state index contributed by atoms with van der Waals surface area (Å²) in [5.74, 6) is -0.583. The van der Waals surface area contributed by atoms with Gasteiger partial charge in [0.15, 0.2) is 0 Å². The summed E-state index contributed by atoms with van der Waals surface area (Å²) in [6.45, 7) is 5.73. The minimum Gasteiger partial charge on any atom is -0.395 e. The first kappa shape index (κ1) is 13.3. The van der Waals surface area contributed by atoms with E-state index in [2.05, 4.69) is 0 Å². The van der Waals surface area contributed by atoms with Gasteiger partial charge in [-0.25, -0.2) is 0 Å². The predicted molar refractivity (Wildman–Crippen MR) is 59.9 cm³/mol. The maximum absolute atomic E-state index is 11.8. The van der Waals surface area contributed by atoms with Crippen LogP contribution in [0.15, 0.2) is 0 Å². The van der Waals surface area contributed by atoms with Gasteiger partial charge in [0.05, 0.1) is 17.5 Å². The Balaban J connectivity index is 4.51. The Bertz CT molecular complexity index is 219. The Morgan fingerprint density at radius 1 is 1.50 bits per heavy atom. The molecule has 0 aromatic heterocycles. The Hall–Kier alpha value is -0.680. The lowest BCUT2D eigenvalue weighted by atomic mass is 10.1. The predicted octanol–water partition coefficient (Wildman–Crippen LogP) is 0.138. The van der Waals surface area contributed by atoms with Crippen molar-refractivity contribution in [1.29, 1.82) is 0 Å². The number of carbonyl (C=O) groups is 1. The summed E-state index contributed by atoms with van der Waals surface area (Å²) in [4.78, 5) is 13.5. The number of hydrogen-bond acceptors (Lipinski definition) is 3. The first-order valence-electron chi connectivity index (χ1n) is 4.62. The van der Waals surface area contributed by atoms with Gasteiger partial charge in [0, 0.05) is 12.6 Å². The third kappa shape index (κ3) is 3.59. The Morgan fingerprint density at radius 3 is 2.29 bits per heavy atom. The number of nitrogens with two attached hydrogens (primary N) is 1. The van der Waals surface area contributed by atoms with Crippen molar-refractivity contribution in [1.82, 2.24) is 4.90 Å². The number of thiocarbonyl (C=S) groups is 1. The van der Waals surface area contributed by atoms with Gasteiger partial charge in [0.1, 0.15) is 0 Å². The summed E-state index contributed by atoms with van der Waals surface area (Å²) in [6.07, 6.45) is 0. The molecule has 0 fully saturated rings. The van der Waals surface area contributed by atoms with E-state index in [-0.39, 0.29) is 23.5 Å². The maximum Gasteiger partial charge on any atom is 0.232 e. The lowest BCUT2D eigenvalue weighted by Crippen LogP contribution is -2.44. The zero-order chi connectivity index (χ0) is 11.3. The molecule has 82 valence electrons. The third-order valence-corrected chi connectivity index (χ3v) is 2.40. The van der Waals surface area contributed by atoms with Gasteiger partial charge in [-0.2, -0.15) is 0 Å². The van der Waals surface area contributed by atoms with E-state index >= 15 is 0 Å². The fraction of sp³-hybridized carbons (Fsp3) is 0.778. The van der Waals surface area contributed by atoms with E-state index in [9.17, 15) is 4.79 Å². The highest BCUT2D eigenvalue weighted by Gasteiger charge is 2.23. The van der Waals surface area contributed by atoms with Crippen molar-refractivity contribution in [3.8, 4) is 0 Å². The van der Waals surface area contributed by atoms with Crippen molar-refractivity contribution in [2.75, 3.05) is 13.2 Å². The Labute approximate surface area is 90.1 Å². The number of aliphatic hydroxyl groups excluding tert-OH is 1. The topological polar surface area (TPSA) is 66.6 Å². The van der Waals surface area contributed by atoms with Crippen LogP contribution in [-0.4, -0.2) is 40.1 Å². The second-order valence-electron chi connectivity index (χ2n) is 3.47. The van der Waals surface area contributed by atoms with Crippen LogP contribution in [0.5, 0.6) is 0 Å². The average molecular weight is 218 g/mol. The molecule has 0 radical (unpaired) electrons. The number of hydrogen-bond donors (Lipinski definition) is 2. The van der Waals surface area contributed by atoms with E-state index in [0.29, 0.717) is 6.54 Å². The number of nitrogens with zero attached hydrogens (tertiary/aromatic N) is 1. The number of aliphatic hydroxyl groups is 1. The molecule has 0 saturated carbocycles. The van der Waals surface area contributed by atoms with Gasteiger partial charge in [-0.1, -0.05) is 12.2 Å². The SMILES string of the molecule is CC(C(=O)N(CCO)C(C)C)C(N)=S. The van der Waals surface area contributed by atoms with Gasteiger partial charge in [-0.05, 0) is 20.8 Å². The van der Waals surface area contributed by atoms with E-state index in [4.69, 9.17) is 23.1 Å². The first-order chi connectivity index (χ1) is 6.41. The molecule has 0 bridgehead atoms. The monoisotopic (exact) mass is 218 g/mol. The zero-order valence-electron chi connectivity index (χ0n) is 8.86. The zero-order valence-corrected chi connectivity index (χ0v) is 9.67. The fourth-order valence-corrected chi connectivity index (χ4v) is 1.20. The summed E-state index contributed by atoms with van der Waals surface area (Å²) >= 11 is 4.75. The molecule has 5 heteroatoms. The lowest BCUT2D eigenvalue weighted by Gasteiger charge is -2.28. The van der Waals surface area contributed by atoms with Crippen LogP contribution in [0.25, 0.3) is 0 Å². The highest BCUT2D eigenvalue weighted by molar-refractivity contribution is 7.80. The van der Waals surface area contributed by atoms with E-state index in [0.717, 1.165) is 0 Å². The minimum absolute atomic E-state index is 0.0476. The van der Waals surface area contributed by atoms with Crippen molar-refractivity contribution in [3.63, 3.8) is 0 Å². The van der Waals surface area contributed by atoms with Crippen LogP contribution < -0.4 is 5.73 Å². The Morgan fingerprint density at radius 2 is 2.00 bits per heavy atom. The second kappa shape index (κ2) is 5.93. The van der Waals surface area contributed by atoms with Crippen LogP contribution in [0.2, 0.25) is 0 Å². The molecular weight excluding hydrogens is 200 g/mol. The quantitative estimate of drug-likeness (QED) is 0.644. The van der Waals surface area contributed by atoms with Gasteiger partial charge in [-0.15, -0.1) is 0 Å². The number of amides is 1. The van der Waals surface area contributed by atoms with Crippen LogP contribution >= 0.6 is 12.2 Å². The van der Waals surface area contributed by atoms with Crippen molar-refractivity contribution in [2.45, 2.75) is 26.8 Å². The minimum atomic E-state index is -0.459. The van der Waals surface area contributed by atoms with Crippen molar-refractivity contribution >= 4 is 23.1 Å². The summed E-state index contributed by atoms with van der Waals surface area (Å²) in [6, 6.07) is 0.0476. The van der Waals surface area contributed by atoms with E-state index < -0.39 is 5.92 Å². The highest BCUT2D eigenvalue weighted by Crippen LogP contribution is 2.06. The summed E-state index contributed by atoms with van der Waals surface area (Å²) < 4.78 is 0. The molecule has 0 aliphatic heterocycles. The molecule has 1 unspecified atom stereocenters. The van der Waals surface area contributed by atoms with E-state index in [1.807, 2.05) is 13.8 Å². The molecule has 0 rings (SSSR count). The molecule has 14 heavy (non-hydrogen) atoms. The molecule has 0 aromatic carbocycles. The molecule has 1 amide bonds. The smallest absolute Gasteiger partial charge is 0.232 e. The van der Waals surface area contributed by atoms with Gasteiger partial charge in [0.2, 0.25) is 5.91 Å². The molecule has 0 aliphatic rings. The van der Waals surface area contributed by atoms with Crippen LogP contribution in [-0.2, 0) is 4.79 Å². The van der Waals surface area contributed by atoms with Crippen LogP contribution in [0, 0.1) is 5.92 Å². The Kier molecular flexibility index (Phi) is 5.64. The van der Waals surface area contributed by atoms with E-state index in [1.165, 1.54) is 0 Å². The van der Waals surface area contributed by atoms with Gasteiger partial charge < -0.3 is 15.7 Å². The highest BCUT2D eigenvalue weighted by atomic mass is 32.1. The largest absolute Gasteiger partial charge is 0.395 e. The van der Waals surface area contributed by atoms with Gasteiger partial charge in [0.25, 0.3) is 0 Å². The lowest BCUT2D eigenvalue weighted by molar-refractivity contribution is -0.135. The van der Waals surface area contributed by atoms with Crippen LogP contribution in [0.1, 0.15) is 20.8 Å². The average Bonchev–Trinajstić information content (AvgIpc) is 2.11. The molecule has 0 heterocycles.